The van der Waals surface area contributed by atoms with Gasteiger partial charge < -0.3 is 16.0 Å². The Morgan fingerprint density at radius 1 is 1.08 bits per heavy atom. The molecule has 0 saturated heterocycles. The monoisotopic (exact) mass is 340 g/mol. The van der Waals surface area contributed by atoms with Gasteiger partial charge in [-0.25, -0.2) is 4.79 Å². The number of nitrogens with zero attached hydrogens (tertiary/aromatic N) is 1. The van der Waals surface area contributed by atoms with Gasteiger partial charge in [-0.3, -0.25) is 9.78 Å². The largest absolute Gasteiger partial charge is 0.347 e. The van der Waals surface area contributed by atoms with Crippen LogP contribution in [0.25, 0.3) is 0 Å². The maximum atomic E-state index is 12.2. The summed E-state index contributed by atoms with van der Waals surface area (Å²) in [5.41, 5.74) is 1.49. The first-order valence-electron chi connectivity index (χ1n) is 8.15. The van der Waals surface area contributed by atoms with E-state index in [2.05, 4.69) is 20.9 Å². The topological polar surface area (TPSA) is 83.1 Å². The van der Waals surface area contributed by atoms with Crippen molar-refractivity contribution in [1.29, 1.82) is 0 Å². The normalized spacial score (nSPS) is 12.2. The van der Waals surface area contributed by atoms with Gasteiger partial charge >= 0.3 is 6.03 Å². The van der Waals surface area contributed by atoms with Crippen LogP contribution >= 0.6 is 0 Å². The second-order valence-corrected chi connectivity index (χ2v) is 6.86. The molecule has 0 fully saturated rings. The summed E-state index contributed by atoms with van der Waals surface area (Å²) in [6, 6.07) is 11.8. The minimum absolute atomic E-state index is 0.182. The van der Waals surface area contributed by atoms with Crippen LogP contribution in [0.5, 0.6) is 0 Å². The third kappa shape index (κ3) is 5.91. The molecule has 1 aromatic carbocycles. The second kappa shape index (κ2) is 7.79. The summed E-state index contributed by atoms with van der Waals surface area (Å²) in [5.74, 6) is -0.182. The molecule has 6 nitrogen and oxygen atoms in total. The lowest BCUT2D eigenvalue weighted by Gasteiger charge is -2.20. The zero-order valence-corrected chi connectivity index (χ0v) is 15.0. The zero-order chi connectivity index (χ0) is 18.4. The number of nitrogens with one attached hydrogen (secondary N) is 3. The number of pyridine rings is 1. The van der Waals surface area contributed by atoms with Crippen molar-refractivity contribution in [1.82, 2.24) is 15.6 Å². The fraction of sp³-hybridized carbons (Fsp3) is 0.316. The molecule has 6 heteroatoms. The molecule has 0 aliphatic carbocycles. The first kappa shape index (κ1) is 18.4. The number of aromatic nitrogens is 1. The molecule has 0 bridgehead atoms. The highest BCUT2D eigenvalue weighted by atomic mass is 16.2. The molecule has 3 N–H and O–H groups in total. The van der Waals surface area contributed by atoms with Gasteiger partial charge in [0.1, 0.15) is 0 Å². The summed E-state index contributed by atoms with van der Waals surface area (Å²) in [7, 11) is 0. The molecule has 0 spiro atoms. The van der Waals surface area contributed by atoms with Gasteiger partial charge in [0.05, 0.1) is 11.7 Å². The van der Waals surface area contributed by atoms with Crippen LogP contribution in [-0.2, 0) is 0 Å². The summed E-state index contributed by atoms with van der Waals surface area (Å²) in [6.07, 6.45) is 1.68. The van der Waals surface area contributed by atoms with E-state index in [1.807, 2.05) is 45.9 Å². The molecular weight excluding hydrogens is 316 g/mol. The van der Waals surface area contributed by atoms with E-state index in [1.54, 1.807) is 30.5 Å². The predicted octanol–water partition coefficient (Wildman–Crippen LogP) is 3.49. The third-order valence-corrected chi connectivity index (χ3v) is 3.35. The van der Waals surface area contributed by atoms with Gasteiger partial charge in [-0.05, 0) is 58.0 Å². The molecule has 0 saturated carbocycles. The lowest BCUT2D eigenvalue weighted by molar-refractivity contribution is 0.0919. The Hall–Kier alpha value is -2.89. The zero-order valence-electron chi connectivity index (χ0n) is 15.0. The Labute approximate surface area is 148 Å². The van der Waals surface area contributed by atoms with Crippen LogP contribution in [0, 0.1) is 0 Å². The fourth-order valence-electron chi connectivity index (χ4n) is 2.22. The summed E-state index contributed by atoms with van der Waals surface area (Å²) in [6.45, 7) is 7.60. The molecule has 3 amide bonds. The SMILES string of the molecule is C[C@@H](NC(=O)Nc1cccc(C(=O)NC(C)(C)C)c1)c1ccccn1. The van der Waals surface area contributed by atoms with Crippen LogP contribution in [0.1, 0.15) is 49.8 Å². The van der Waals surface area contributed by atoms with E-state index in [-0.39, 0.29) is 23.5 Å². The Bertz CT molecular complexity index is 739. The minimum Gasteiger partial charge on any atom is -0.347 e. The third-order valence-electron chi connectivity index (χ3n) is 3.35. The number of hydrogen-bond acceptors (Lipinski definition) is 3. The Kier molecular flexibility index (Phi) is 5.75. The molecule has 132 valence electrons. The molecule has 2 aromatic rings. The molecule has 25 heavy (non-hydrogen) atoms. The summed E-state index contributed by atoms with van der Waals surface area (Å²) < 4.78 is 0. The minimum atomic E-state index is -0.355. The average Bonchev–Trinajstić information content (AvgIpc) is 2.54. The Morgan fingerprint density at radius 3 is 2.48 bits per heavy atom. The molecule has 2 rings (SSSR count). The van der Waals surface area contributed by atoms with E-state index in [0.717, 1.165) is 5.69 Å². The van der Waals surface area contributed by atoms with Crippen molar-refractivity contribution in [3.8, 4) is 0 Å². The number of hydrogen-bond donors (Lipinski definition) is 3. The molecule has 1 heterocycles. The van der Waals surface area contributed by atoms with E-state index < -0.39 is 0 Å². The standard InChI is InChI=1S/C19H24N4O2/c1-13(16-10-5-6-11-20-16)21-18(25)22-15-9-7-8-14(12-15)17(24)23-19(2,3)4/h5-13H,1-4H3,(H,23,24)(H2,21,22,25)/t13-/m1/s1. The van der Waals surface area contributed by atoms with Crippen molar-refractivity contribution in [2.75, 3.05) is 5.32 Å². The highest BCUT2D eigenvalue weighted by Gasteiger charge is 2.16. The number of carbonyl (C=O) groups is 2. The fourth-order valence-corrected chi connectivity index (χ4v) is 2.22. The van der Waals surface area contributed by atoms with Crippen molar-refractivity contribution in [2.24, 2.45) is 0 Å². The van der Waals surface area contributed by atoms with Crippen molar-refractivity contribution >= 4 is 17.6 Å². The van der Waals surface area contributed by atoms with E-state index in [1.165, 1.54) is 0 Å². The van der Waals surface area contributed by atoms with Crippen LogP contribution in [0.3, 0.4) is 0 Å². The van der Waals surface area contributed by atoms with Gasteiger partial charge in [-0.15, -0.1) is 0 Å². The van der Waals surface area contributed by atoms with Gasteiger partial charge in [0.2, 0.25) is 0 Å². The maximum absolute atomic E-state index is 12.2. The molecule has 1 atom stereocenters. The highest BCUT2D eigenvalue weighted by molar-refractivity contribution is 5.97. The number of anilines is 1. The molecule has 0 aliphatic heterocycles. The molecule has 0 aliphatic rings. The predicted molar refractivity (Wildman–Crippen MR) is 98.5 cm³/mol. The number of urea groups is 1. The van der Waals surface area contributed by atoms with Crippen LogP contribution in [0.15, 0.2) is 48.7 Å². The molecule has 1 aromatic heterocycles. The van der Waals surface area contributed by atoms with E-state index in [0.29, 0.717) is 11.3 Å². The lowest BCUT2D eigenvalue weighted by Crippen LogP contribution is -2.40. The number of benzene rings is 1. The second-order valence-electron chi connectivity index (χ2n) is 6.86. The van der Waals surface area contributed by atoms with Crippen molar-refractivity contribution in [3.05, 3.63) is 59.9 Å². The van der Waals surface area contributed by atoms with Crippen LogP contribution in [-0.4, -0.2) is 22.5 Å². The van der Waals surface area contributed by atoms with Gasteiger partial charge in [0.15, 0.2) is 0 Å². The highest BCUT2D eigenvalue weighted by Crippen LogP contribution is 2.13. The molecular formula is C19H24N4O2. The Balaban J connectivity index is 1.99. The van der Waals surface area contributed by atoms with Crippen molar-refractivity contribution in [3.63, 3.8) is 0 Å². The van der Waals surface area contributed by atoms with Crippen LogP contribution in [0.2, 0.25) is 0 Å². The number of rotatable bonds is 4. The van der Waals surface area contributed by atoms with Gasteiger partial charge in [0, 0.05) is 23.0 Å². The molecule has 0 radical (unpaired) electrons. The van der Waals surface area contributed by atoms with Crippen LogP contribution < -0.4 is 16.0 Å². The summed E-state index contributed by atoms with van der Waals surface area (Å²) >= 11 is 0. The smallest absolute Gasteiger partial charge is 0.319 e. The van der Waals surface area contributed by atoms with E-state index in [9.17, 15) is 9.59 Å². The average molecular weight is 340 g/mol. The van der Waals surface area contributed by atoms with Gasteiger partial charge in [0.25, 0.3) is 5.91 Å². The van der Waals surface area contributed by atoms with Gasteiger partial charge in [-0.2, -0.15) is 0 Å². The van der Waals surface area contributed by atoms with Crippen molar-refractivity contribution < 1.29 is 9.59 Å². The maximum Gasteiger partial charge on any atom is 0.319 e. The quantitative estimate of drug-likeness (QED) is 0.796. The van der Waals surface area contributed by atoms with E-state index in [4.69, 9.17) is 0 Å². The summed E-state index contributed by atoms with van der Waals surface area (Å²) in [5, 5.41) is 8.46. The lowest BCUT2D eigenvalue weighted by atomic mass is 10.1. The number of carbonyl (C=O) groups excluding carboxylic acids is 2. The molecule has 0 unspecified atom stereocenters. The number of amides is 3. The van der Waals surface area contributed by atoms with Gasteiger partial charge in [-0.1, -0.05) is 12.1 Å². The van der Waals surface area contributed by atoms with E-state index >= 15 is 0 Å². The van der Waals surface area contributed by atoms with Crippen LogP contribution in [0.4, 0.5) is 10.5 Å². The first-order valence-corrected chi connectivity index (χ1v) is 8.15. The summed E-state index contributed by atoms with van der Waals surface area (Å²) in [4.78, 5) is 28.6. The Morgan fingerprint density at radius 2 is 1.84 bits per heavy atom. The first-order chi connectivity index (χ1) is 11.7. The van der Waals surface area contributed by atoms with Crippen molar-refractivity contribution in [2.45, 2.75) is 39.3 Å².